The highest BCUT2D eigenvalue weighted by molar-refractivity contribution is 8.00. The number of nitrogens with zero attached hydrogens (tertiary/aromatic N) is 1. The molecular weight excluding hydrogens is 278 g/mol. The molecule has 0 spiro atoms. The summed E-state index contributed by atoms with van der Waals surface area (Å²) in [6.45, 7) is 1.69. The lowest BCUT2D eigenvalue weighted by Crippen LogP contribution is -2.09. The molecule has 0 saturated heterocycles. The van der Waals surface area contributed by atoms with Crippen molar-refractivity contribution in [2.24, 2.45) is 0 Å². The van der Waals surface area contributed by atoms with Crippen LogP contribution in [0, 0.1) is 17.0 Å². The van der Waals surface area contributed by atoms with Crippen LogP contribution in [-0.4, -0.2) is 21.2 Å². The van der Waals surface area contributed by atoms with E-state index in [0.29, 0.717) is 10.8 Å². The van der Waals surface area contributed by atoms with Crippen molar-refractivity contribution in [1.29, 1.82) is 0 Å². The molecule has 0 aliphatic heterocycles. The van der Waals surface area contributed by atoms with Crippen LogP contribution < -0.4 is 0 Å². The molecule has 20 heavy (non-hydrogen) atoms. The van der Waals surface area contributed by atoms with E-state index < -0.39 is 10.9 Å². The van der Waals surface area contributed by atoms with Crippen LogP contribution >= 0.6 is 11.8 Å². The van der Waals surface area contributed by atoms with Crippen LogP contribution in [0.15, 0.2) is 17.0 Å². The van der Waals surface area contributed by atoms with Crippen LogP contribution in [-0.2, 0) is 0 Å². The SMILES string of the molecule is Cc1c(SC2CCCCC2)cc(C(=O)O)cc1[N+](=O)[O-]. The molecule has 0 heterocycles. The van der Waals surface area contributed by atoms with Gasteiger partial charge in [0.2, 0.25) is 0 Å². The van der Waals surface area contributed by atoms with Crippen molar-refractivity contribution >= 4 is 23.4 Å². The third kappa shape index (κ3) is 3.30. The number of carbonyl (C=O) groups is 1. The molecule has 2 rings (SSSR count). The Kier molecular flexibility index (Phi) is 4.65. The molecule has 1 fully saturated rings. The first kappa shape index (κ1) is 14.8. The molecule has 0 radical (unpaired) electrons. The molecule has 1 N–H and O–H groups in total. The standard InChI is InChI=1S/C14H17NO4S/c1-9-12(15(18)19)7-10(14(16)17)8-13(9)20-11-5-3-2-4-6-11/h7-8,11H,2-6H2,1H3,(H,16,17). The fraction of sp³-hybridized carbons (Fsp3) is 0.500. The summed E-state index contributed by atoms with van der Waals surface area (Å²) in [6, 6.07) is 2.70. The van der Waals surface area contributed by atoms with E-state index in [4.69, 9.17) is 5.11 Å². The van der Waals surface area contributed by atoms with Crippen LogP contribution in [0.2, 0.25) is 0 Å². The number of thioether (sulfide) groups is 1. The van der Waals surface area contributed by atoms with Gasteiger partial charge in [-0.25, -0.2) is 4.79 Å². The van der Waals surface area contributed by atoms with E-state index in [-0.39, 0.29) is 11.3 Å². The van der Waals surface area contributed by atoms with Crippen molar-refractivity contribution < 1.29 is 14.8 Å². The second-order valence-corrected chi connectivity index (χ2v) is 6.40. The number of hydrogen-bond donors (Lipinski definition) is 1. The molecule has 1 aromatic rings. The molecule has 108 valence electrons. The van der Waals surface area contributed by atoms with Gasteiger partial charge >= 0.3 is 5.97 Å². The Balaban J connectivity index is 2.34. The monoisotopic (exact) mass is 295 g/mol. The van der Waals surface area contributed by atoms with Gasteiger partial charge in [-0.05, 0) is 25.8 Å². The third-order valence-electron chi connectivity index (χ3n) is 3.62. The summed E-state index contributed by atoms with van der Waals surface area (Å²) in [5.41, 5.74) is 0.444. The van der Waals surface area contributed by atoms with Gasteiger partial charge in [-0.15, -0.1) is 11.8 Å². The number of carboxylic acid groups (broad SMARTS) is 1. The Bertz CT molecular complexity index is 538. The first-order valence-corrected chi connectivity index (χ1v) is 7.56. The number of hydrogen-bond acceptors (Lipinski definition) is 4. The molecule has 0 amide bonds. The molecule has 1 aromatic carbocycles. The molecule has 0 atom stereocenters. The smallest absolute Gasteiger partial charge is 0.335 e. The van der Waals surface area contributed by atoms with E-state index in [9.17, 15) is 14.9 Å². The third-order valence-corrected chi connectivity index (χ3v) is 5.10. The van der Waals surface area contributed by atoms with Crippen molar-refractivity contribution in [2.75, 3.05) is 0 Å². The largest absolute Gasteiger partial charge is 0.478 e. The summed E-state index contributed by atoms with van der Waals surface area (Å²) in [5, 5.41) is 20.6. The molecule has 5 nitrogen and oxygen atoms in total. The van der Waals surface area contributed by atoms with Crippen LogP contribution in [0.3, 0.4) is 0 Å². The van der Waals surface area contributed by atoms with Gasteiger partial charge in [0.1, 0.15) is 0 Å². The zero-order valence-corrected chi connectivity index (χ0v) is 12.1. The number of carboxylic acids is 1. The van der Waals surface area contributed by atoms with E-state index in [1.807, 2.05) is 0 Å². The Morgan fingerprint density at radius 3 is 2.55 bits per heavy atom. The number of rotatable bonds is 4. The number of aromatic carboxylic acids is 1. The first-order chi connectivity index (χ1) is 9.49. The van der Waals surface area contributed by atoms with Crippen LogP contribution in [0.25, 0.3) is 0 Å². The topological polar surface area (TPSA) is 80.4 Å². The number of nitro groups is 1. The predicted molar refractivity (Wildman–Crippen MR) is 77.5 cm³/mol. The lowest BCUT2D eigenvalue weighted by Gasteiger charge is -2.21. The maximum Gasteiger partial charge on any atom is 0.335 e. The fourth-order valence-electron chi connectivity index (χ4n) is 2.47. The van der Waals surface area contributed by atoms with Crippen molar-refractivity contribution in [1.82, 2.24) is 0 Å². The van der Waals surface area contributed by atoms with Crippen molar-refractivity contribution in [3.63, 3.8) is 0 Å². The lowest BCUT2D eigenvalue weighted by atomic mass is 10.0. The van der Waals surface area contributed by atoms with Gasteiger partial charge < -0.3 is 5.11 Å². The normalized spacial score (nSPS) is 16.1. The predicted octanol–water partition coefficient (Wildman–Crippen LogP) is 4.03. The highest BCUT2D eigenvalue weighted by Gasteiger charge is 2.22. The zero-order valence-electron chi connectivity index (χ0n) is 11.3. The molecule has 1 saturated carbocycles. The Labute approximate surface area is 121 Å². The van der Waals surface area contributed by atoms with Gasteiger partial charge in [-0.1, -0.05) is 19.3 Å². The second-order valence-electron chi connectivity index (χ2n) is 5.06. The summed E-state index contributed by atoms with van der Waals surface area (Å²) >= 11 is 1.59. The summed E-state index contributed by atoms with van der Waals surface area (Å²) in [4.78, 5) is 22.4. The summed E-state index contributed by atoms with van der Waals surface area (Å²) < 4.78 is 0. The minimum Gasteiger partial charge on any atom is -0.478 e. The number of nitro benzene ring substituents is 1. The average molecular weight is 295 g/mol. The van der Waals surface area contributed by atoms with Gasteiger partial charge in [-0.3, -0.25) is 10.1 Å². The molecule has 0 unspecified atom stereocenters. The van der Waals surface area contributed by atoms with Crippen molar-refractivity contribution in [3.05, 3.63) is 33.4 Å². The zero-order chi connectivity index (χ0) is 14.7. The highest BCUT2D eigenvalue weighted by Crippen LogP contribution is 2.38. The van der Waals surface area contributed by atoms with Gasteiger partial charge in [0.05, 0.1) is 10.5 Å². The quantitative estimate of drug-likeness (QED) is 0.670. The lowest BCUT2D eigenvalue weighted by molar-refractivity contribution is -0.385. The van der Waals surface area contributed by atoms with Gasteiger partial charge in [0, 0.05) is 21.8 Å². The van der Waals surface area contributed by atoms with Crippen LogP contribution in [0.1, 0.15) is 48.0 Å². The molecule has 0 aromatic heterocycles. The number of benzene rings is 1. The van der Waals surface area contributed by atoms with Gasteiger partial charge in [0.15, 0.2) is 0 Å². The van der Waals surface area contributed by atoms with Crippen molar-refractivity contribution in [3.8, 4) is 0 Å². The Hall–Kier alpha value is -1.56. The fourth-order valence-corrected chi connectivity index (χ4v) is 3.88. The first-order valence-electron chi connectivity index (χ1n) is 6.68. The summed E-state index contributed by atoms with van der Waals surface area (Å²) in [5.74, 6) is -1.13. The van der Waals surface area contributed by atoms with Gasteiger partial charge in [0.25, 0.3) is 5.69 Å². The molecule has 0 bridgehead atoms. The summed E-state index contributed by atoms with van der Waals surface area (Å²) in [6.07, 6.45) is 5.78. The van der Waals surface area contributed by atoms with E-state index in [1.165, 1.54) is 19.3 Å². The second kappa shape index (κ2) is 6.26. The van der Waals surface area contributed by atoms with E-state index in [2.05, 4.69) is 0 Å². The minimum atomic E-state index is -1.13. The maximum absolute atomic E-state index is 11.1. The van der Waals surface area contributed by atoms with E-state index >= 15 is 0 Å². The van der Waals surface area contributed by atoms with Gasteiger partial charge in [-0.2, -0.15) is 0 Å². The molecule has 6 heteroatoms. The van der Waals surface area contributed by atoms with E-state index in [0.717, 1.165) is 23.8 Å². The summed E-state index contributed by atoms with van der Waals surface area (Å²) in [7, 11) is 0. The minimum absolute atomic E-state index is 0.0133. The Morgan fingerprint density at radius 1 is 1.35 bits per heavy atom. The van der Waals surface area contributed by atoms with Crippen LogP contribution in [0.5, 0.6) is 0 Å². The Morgan fingerprint density at radius 2 is 2.00 bits per heavy atom. The molecule has 1 aliphatic carbocycles. The van der Waals surface area contributed by atoms with Crippen LogP contribution in [0.4, 0.5) is 5.69 Å². The molecular formula is C14H17NO4S. The van der Waals surface area contributed by atoms with E-state index in [1.54, 1.807) is 24.8 Å². The highest BCUT2D eigenvalue weighted by atomic mass is 32.2. The van der Waals surface area contributed by atoms with Crippen molar-refractivity contribution in [2.45, 2.75) is 49.2 Å². The maximum atomic E-state index is 11.1. The average Bonchev–Trinajstić information content (AvgIpc) is 2.41. The molecule has 1 aliphatic rings.